The Hall–Kier alpha value is -2.24. The number of nitrogens with zero attached hydrogens (tertiary/aromatic N) is 1. The number of rotatable bonds is 5. The summed E-state index contributed by atoms with van der Waals surface area (Å²) in [6.45, 7) is 2.30. The first-order valence-electron chi connectivity index (χ1n) is 6.72. The van der Waals surface area contributed by atoms with Gasteiger partial charge in [0.2, 0.25) is 0 Å². The van der Waals surface area contributed by atoms with Crippen LogP contribution >= 0.6 is 0 Å². The fourth-order valence-electron chi connectivity index (χ4n) is 2.26. The van der Waals surface area contributed by atoms with Crippen LogP contribution in [0.2, 0.25) is 0 Å². The molecule has 0 N–H and O–H groups in total. The lowest BCUT2D eigenvalue weighted by Crippen LogP contribution is -2.34. The zero-order chi connectivity index (χ0) is 15.4. The highest BCUT2D eigenvalue weighted by molar-refractivity contribution is 5.74. The van der Waals surface area contributed by atoms with Gasteiger partial charge in [0.05, 0.1) is 26.7 Å². The van der Waals surface area contributed by atoms with E-state index in [-0.39, 0.29) is 18.4 Å². The van der Waals surface area contributed by atoms with Crippen LogP contribution in [0.15, 0.2) is 24.3 Å². The molecule has 0 unspecified atom stereocenters. The van der Waals surface area contributed by atoms with Gasteiger partial charge in [0, 0.05) is 6.54 Å². The minimum Gasteiger partial charge on any atom is -0.497 e. The third kappa shape index (κ3) is 3.45. The number of ether oxygens (including phenoxy) is 3. The van der Waals surface area contributed by atoms with E-state index in [1.807, 2.05) is 31.2 Å². The van der Waals surface area contributed by atoms with Crippen molar-refractivity contribution in [3.05, 3.63) is 29.8 Å². The van der Waals surface area contributed by atoms with E-state index >= 15 is 0 Å². The molecule has 1 aliphatic rings. The van der Waals surface area contributed by atoms with Crippen LogP contribution in [0.5, 0.6) is 5.75 Å². The molecule has 1 heterocycles. The number of cyclic esters (lactones) is 1. The third-order valence-electron chi connectivity index (χ3n) is 3.62. The summed E-state index contributed by atoms with van der Waals surface area (Å²) < 4.78 is 14.9. The molecule has 6 nitrogen and oxygen atoms in total. The van der Waals surface area contributed by atoms with Crippen molar-refractivity contribution in [3.8, 4) is 5.75 Å². The second kappa shape index (κ2) is 6.47. The van der Waals surface area contributed by atoms with Crippen molar-refractivity contribution in [2.24, 2.45) is 0 Å². The smallest absolute Gasteiger partial charge is 0.410 e. The first-order chi connectivity index (χ1) is 10.0. The lowest BCUT2D eigenvalue weighted by Gasteiger charge is -2.20. The van der Waals surface area contributed by atoms with Gasteiger partial charge < -0.3 is 14.2 Å². The number of hydrogen-bond donors (Lipinski definition) is 0. The van der Waals surface area contributed by atoms with Crippen LogP contribution in [0, 0.1) is 0 Å². The van der Waals surface area contributed by atoms with Gasteiger partial charge in [0.15, 0.2) is 0 Å². The van der Waals surface area contributed by atoms with Gasteiger partial charge in [-0.25, -0.2) is 4.79 Å². The normalized spacial score (nSPS) is 21.1. The highest BCUT2D eigenvalue weighted by Crippen LogP contribution is 2.24. The molecule has 1 aromatic carbocycles. The van der Waals surface area contributed by atoms with Gasteiger partial charge in [-0.3, -0.25) is 9.69 Å². The van der Waals surface area contributed by atoms with Gasteiger partial charge in [-0.1, -0.05) is 12.1 Å². The van der Waals surface area contributed by atoms with E-state index in [0.29, 0.717) is 6.54 Å². The maximum atomic E-state index is 11.9. The molecule has 6 heteroatoms. The van der Waals surface area contributed by atoms with Crippen molar-refractivity contribution in [2.45, 2.75) is 32.0 Å². The predicted molar refractivity (Wildman–Crippen MR) is 74.9 cm³/mol. The Balaban J connectivity index is 2.02. The molecule has 0 saturated carbocycles. The van der Waals surface area contributed by atoms with Crippen molar-refractivity contribution >= 4 is 12.1 Å². The van der Waals surface area contributed by atoms with Crippen molar-refractivity contribution in [1.29, 1.82) is 0 Å². The summed E-state index contributed by atoms with van der Waals surface area (Å²) >= 11 is 0. The molecule has 0 radical (unpaired) electrons. The molecular weight excluding hydrogens is 274 g/mol. The van der Waals surface area contributed by atoms with E-state index < -0.39 is 12.2 Å². The Kier molecular flexibility index (Phi) is 4.67. The fourth-order valence-corrected chi connectivity index (χ4v) is 2.26. The molecule has 2 rings (SSSR count). The SMILES string of the molecule is COC(=O)C[C@@H]1OC(=O)N(Cc2ccc(OC)cc2)[C@H]1C. The first-order valence-corrected chi connectivity index (χ1v) is 6.72. The topological polar surface area (TPSA) is 65.1 Å². The Labute approximate surface area is 123 Å². The molecule has 0 aromatic heterocycles. The summed E-state index contributed by atoms with van der Waals surface area (Å²) in [5.74, 6) is 0.380. The van der Waals surface area contributed by atoms with Crippen molar-refractivity contribution in [3.63, 3.8) is 0 Å². The molecule has 1 fully saturated rings. The van der Waals surface area contributed by atoms with E-state index in [1.165, 1.54) is 7.11 Å². The van der Waals surface area contributed by atoms with Crippen LogP contribution in [-0.4, -0.2) is 43.3 Å². The average molecular weight is 293 g/mol. The second-order valence-corrected chi connectivity index (χ2v) is 4.92. The number of carbonyl (C=O) groups excluding carboxylic acids is 2. The Bertz CT molecular complexity index is 513. The molecule has 1 aromatic rings. The number of esters is 1. The minimum absolute atomic E-state index is 0.0719. The summed E-state index contributed by atoms with van der Waals surface area (Å²) in [5.41, 5.74) is 0.971. The largest absolute Gasteiger partial charge is 0.497 e. The van der Waals surface area contributed by atoms with Crippen LogP contribution in [0.1, 0.15) is 18.9 Å². The van der Waals surface area contributed by atoms with Gasteiger partial charge in [0.1, 0.15) is 11.9 Å². The molecule has 2 atom stereocenters. The van der Waals surface area contributed by atoms with E-state index in [9.17, 15) is 9.59 Å². The number of hydrogen-bond acceptors (Lipinski definition) is 5. The van der Waals surface area contributed by atoms with Gasteiger partial charge in [-0.15, -0.1) is 0 Å². The quantitative estimate of drug-likeness (QED) is 0.777. The maximum Gasteiger partial charge on any atom is 0.410 e. The van der Waals surface area contributed by atoms with Crippen LogP contribution in [0.4, 0.5) is 4.79 Å². The van der Waals surface area contributed by atoms with E-state index in [2.05, 4.69) is 4.74 Å². The number of benzene rings is 1. The lowest BCUT2D eigenvalue weighted by atomic mass is 10.1. The first kappa shape index (κ1) is 15.2. The fraction of sp³-hybridized carbons (Fsp3) is 0.467. The molecule has 0 bridgehead atoms. The highest BCUT2D eigenvalue weighted by Gasteiger charge is 2.39. The van der Waals surface area contributed by atoms with Gasteiger partial charge in [-0.05, 0) is 24.6 Å². The van der Waals surface area contributed by atoms with Gasteiger partial charge >= 0.3 is 12.1 Å². The summed E-state index contributed by atoms with van der Waals surface area (Å²) in [5, 5.41) is 0. The van der Waals surface area contributed by atoms with E-state index in [0.717, 1.165) is 11.3 Å². The number of amides is 1. The molecular formula is C15H19NO5. The van der Waals surface area contributed by atoms with Gasteiger partial charge in [0.25, 0.3) is 0 Å². The molecule has 114 valence electrons. The molecule has 21 heavy (non-hydrogen) atoms. The third-order valence-corrected chi connectivity index (χ3v) is 3.62. The zero-order valence-electron chi connectivity index (χ0n) is 12.4. The highest BCUT2D eigenvalue weighted by atomic mass is 16.6. The number of methoxy groups -OCH3 is 2. The lowest BCUT2D eigenvalue weighted by molar-refractivity contribution is -0.142. The second-order valence-electron chi connectivity index (χ2n) is 4.92. The molecule has 1 amide bonds. The van der Waals surface area contributed by atoms with Gasteiger partial charge in [-0.2, -0.15) is 0 Å². The minimum atomic E-state index is -0.469. The van der Waals surface area contributed by atoms with Crippen LogP contribution in [0.3, 0.4) is 0 Å². The Morgan fingerprint density at radius 1 is 1.29 bits per heavy atom. The Morgan fingerprint density at radius 3 is 2.52 bits per heavy atom. The van der Waals surface area contributed by atoms with Crippen molar-refractivity contribution in [2.75, 3.05) is 14.2 Å². The van der Waals surface area contributed by atoms with Crippen molar-refractivity contribution < 1.29 is 23.8 Å². The van der Waals surface area contributed by atoms with E-state index in [4.69, 9.17) is 9.47 Å². The van der Waals surface area contributed by atoms with Crippen LogP contribution < -0.4 is 4.74 Å². The summed E-state index contributed by atoms with van der Waals surface area (Å²) in [6, 6.07) is 7.29. The van der Waals surface area contributed by atoms with Crippen LogP contribution in [0.25, 0.3) is 0 Å². The van der Waals surface area contributed by atoms with Crippen LogP contribution in [-0.2, 0) is 20.8 Å². The molecule has 0 spiro atoms. The number of carbonyl (C=O) groups is 2. The molecule has 1 aliphatic heterocycles. The monoisotopic (exact) mass is 293 g/mol. The Morgan fingerprint density at radius 2 is 1.95 bits per heavy atom. The summed E-state index contributed by atoms with van der Waals surface area (Å²) in [4.78, 5) is 24.8. The zero-order valence-corrected chi connectivity index (χ0v) is 12.4. The standard InChI is InChI=1S/C15H19NO5/c1-10-13(8-14(17)20-3)21-15(18)16(10)9-11-4-6-12(19-2)7-5-11/h4-7,10,13H,8-9H2,1-3H3/t10-,13-/m0/s1. The maximum absolute atomic E-state index is 11.9. The molecule has 0 aliphatic carbocycles. The molecule has 1 saturated heterocycles. The average Bonchev–Trinajstić information content (AvgIpc) is 2.75. The van der Waals surface area contributed by atoms with E-state index in [1.54, 1.807) is 12.0 Å². The predicted octanol–water partition coefficient (Wildman–Crippen LogP) is 1.97. The van der Waals surface area contributed by atoms with Crippen molar-refractivity contribution in [1.82, 2.24) is 4.90 Å². The summed E-state index contributed by atoms with van der Waals surface area (Å²) in [7, 11) is 2.92. The summed E-state index contributed by atoms with van der Waals surface area (Å²) in [6.07, 6.45) is -0.807.